The predicted octanol–water partition coefficient (Wildman–Crippen LogP) is 1.53. The maximum absolute atomic E-state index is 11.9. The molecule has 0 saturated heterocycles. The second-order valence-corrected chi connectivity index (χ2v) is 3.36. The third-order valence-electron chi connectivity index (χ3n) is 2.17. The summed E-state index contributed by atoms with van der Waals surface area (Å²) in [6, 6.07) is 4.61. The van der Waals surface area contributed by atoms with Crippen LogP contribution >= 0.6 is 0 Å². The highest BCUT2D eigenvalue weighted by molar-refractivity contribution is 5.89. The molecule has 5 nitrogen and oxygen atoms in total. The number of hydrogen-bond donors (Lipinski definition) is 0. The molecule has 0 aliphatic heterocycles. The van der Waals surface area contributed by atoms with Gasteiger partial charge in [0.15, 0.2) is 6.29 Å². The Bertz CT molecular complexity index is 653. The molecular weight excluding hydrogens is 224 g/mol. The highest BCUT2D eigenvalue weighted by Crippen LogP contribution is 2.22. The molecule has 2 rings (SSSR count). The van der Waals surface area contributed by atoms with Crippen molar-refractivity contribution < 1.29 is 18.7 Å². The van der Waals surface area contributed by atoms with Gasteiger partial charge >= 0.3 is 5.97 Å². The minimum Gasteiger partial charge on any atom is -0.463 e. The zero-order valence-corrected chi connectivity index (χ0v) is 8.93. The summed E-state index contributed by atoms with van der Waals surface area (Å²) in [4.78, 5) is 33.4. The van der Waals surface area contributed by atoms with E-state index < -0.39 is 11.4 Å². The fourth-order valence-corrected chi connectivity index (χ4v) is 1.48. The van der Waals surface area contributed by atoms with Gasteiger partial charge in [-0.25, -0.2) is 0 Å². The second-order valence-electron chi connectivity index (χ2n) is 3.36. The third kappa shape index (κ3) is 1.94. The molecule has 0 saturated carbocycles. The number of esters is 1. The second kappa shape index (κ2) is 4.21. The summed E-state index contributed by atoms with van der Waals surface area (Å²) in [6.45, 7) is 1.23. The molecule has 1 aromatic carbocycles. The van der Waals surface area contributed by atoms with E-state index in [0.717, 1.165) is 6.26 Å². The lowest BCUT2D eigenvalue weighted by Crippen LogP contribution is -2.11. The Morgan fingerprint density at radius 1 is 1.41 bits per heavy atom. The molecular formula is C12H8O5. The molecule has 0 radical (unpaired) electrons. The van der Waals surface area contributed by atoms with E-state index in [1.54, 1.807) is 12.1 Å². The fourth-order valence-electron chi connectivity index (χ4n) is 1.48. The SMILES string of the molecule is CC(=O)Oc1cccc2occ(C=O)c(=O)c12. The minimum atomic E-state index is -0.548. The molecule has 5 heteroatoms. The van der Waals surface area contributed by atoms with Crippen molar-refractivity contribution >= 4 is 23.2 Å². The van der Waals surface area contributed by atoms with E-state index >= 15 is 0 Å². The highest BCUT2D eigenvalue weighted by atomic mass is 16.5. The van der Waals surface area contributed by atoms with E-state index in [4.69, 9.17) is 9.15 Å². The van der Waals surface area contributed by atoms with Crippen molar-refractivity contribution in [3.63, 3.8) is 0 Å². The molecule has 0 fully saturated rings. The van der Waals surface area contributed by atoms with Crippen molar-refractivity contribution in [3.05, 3.63) is 40.2 Å². The Hall–Kier alpha value is -2.43. The van der Waals surface area contributed by atoms with Crippen molar-refractivity contribution in [2.24, 2.45) is 0 Å². The topological polar surface area (TPSA) is 73.6 Å². The maximum Gasteiger partial charge on any atom is 0.308 e. The Morgan fingerprint density at radius 3 is 2.82 bits per heavy atom. The number of rotatable bonds is 2. The highest BCUT2D eigenvalue weighted by Gasteiger charge is 2.12. The van der Waals surface area contributed by atoms with Gasteiger partial charge in [-0.1, -0.05) is 6.07 Å². The summed E-state index contributed by atoms with van der Waals surface area (Å²) in [5, 5.41) is 0.0901. The van der Waals surface area contributed by atoms with E-state index in [1.165, 1.54) is 13.0 Å². The first-order valence-corrected chi connectivity index (χ1v) is 4.81. The number of carbonyl (C=O) groups is 2. The number of carbonyl (C=O) groups excluding carboxylic acids is 2. The Morgan fingerprint density at radius 2 is 2.18 bits per heavy atom. The van der Waals surface area contributed by atoms with Gasteiger partial charge in [-0.05, 0) is 12.1 Å². The lowest BCUT2D eigenvalue weighted by molar-refractivity contribution is -0.131. The van der Waals surface area contributed by atoms with Gasteiger partial charge in [0.1, 0.15) is 23.0 Å². The van der Waals surface area contributed by atoms with Crippen molar-refractivity contribution in [3.8, 4) is 5.75 Å². The molecule has 1 heterocycles. The van der Waals surface area contributed by atoms with Crippen LogP contribution in [0, 0.1) is 0 Å². The first-order valence-electron chi connectivity index (χ1n) is 4.81. The smallest absolute Gasteiger partial charge is 0.308 e. The molecule has 1 aromatic heterocycles. The van der Waals surface area contributed by atoms with E-state index in [2.05, 4.69) is 0 Å². The van der Waals surface area contributed by atoms with E-state index in [1.807, 2.05) is 0 Å². The summed E-state index contributed by atoms with van der Waals surface area (Å²) >= 11 is 0. The van der Waals surface area contributed by atoms with Crippen molar-refractivity contribution in [2.45, 2.75) is 6.92 Å². The number of benzene rings is 1. The molecule has 86 valence electrons. The van der Waals surface area contributed by atoms with Crippen LogP contribution in [0.25, 0.3) is 11.0 Å². The van der Waals surface area contributed by atoms with Gasteiger partial charge in [0.2, 0.25) is 5.43 Å². The Labute approximate surface area is 95.6 Å². The Balaban J connectivity index is 2.81. The molecule has 0 aliphatic carbocycles. The maximum atomic E-state index is 11.9. The third-order valence-corrected chi connectivity index (χ3v) is 2.17. The van der Waals surface area contributed by atoms with Crippen molar-refractivity contribution in [2.75, 3.05) is 0 Å². The van der Waals surface area contributed by atoms with Crippen LogP contribution in [-0.2, 0) is 4.79 Å². The number of fused-ring (bicyclic) bond motifs is 1. The van der Waals surface area contributed by atoms with Gasteiger partial charge in [0.25, 0.3) is 0 Å². The zero-order valence-electron chi connectivity index (χ0n) is 8.93. The van der Waals surface area contributed by atoms with E-state index in [9.17, 15) is 14.4 Å². The van der Waals surface area contributed by atoms with Crippen molar-refractivity contribution in [1.82, 2.24) is 0 Å². The molecule has 2 aromatic rings. The largest absolute Gasteiger partial charge is 0.463 e. The first kappa shape index (κ1) is 11.1. The van der Waals surface area contributed by atoms with Crippen LogP contribution in [0.4, 0.5) is 0 Å². The molecule has 0 amide bonds. The molecule has 0 bridgehead atoms. The molecule has 0 unspecified atom stereocenters. The Kier molecular flexibility index (Phi) is 2.74. The monoisotopic (exact) mass is 232 g/mol. The number of aldehydes is 1. The van der Waals surface area contributed by atoms with Crippen LogP contribution in [0.15, 0.2) is 33.7 Å². The van der Waals surface area contributed by atoms with Crippen LogP contribution in [0.1, 0.15) is 17.3 Å². The fraction of sp³-hybridized carbons (Fsp3) is 0.0833. The molecule has 0 spiro atoms. The molecule has 0 aliphatic rings. The number of ether oxygens (including phenoxy) is 1. The van der Waals surface area contributed by atoms with E-state index in [0.29, 0.717) is 6.29 Å². The van der Waals surface area contributed by atoms with Gasteiger partial charge in [-0.2, -0.15) is 0 Å². The van der Waals surface area contributed by atoms with Gasteiger partial charge < -0.3 is 9.15 Å². The van der Waals surface area contributed by atoms with Gasteiger partial charge in [0.05, 0.1) is 5.56 Å². The lowest BCUT2D eigenvalue weighted by atomic mass is 10.1. The molecule has 0 N–H and O–H groups in total. The van der Waals surface area contributed by atoms with Crippen LogP contribution in [0.2, 0.25) is 0 Å². The van der Waals surface area contributed by atoms with Gasteiger partial charge in [-0.3, -0.25) is 14.4 Å². The van der Waals surface area contributed by atoms with Crippen LogP contribution in [0.5, 0.6) is 5.75 Å². The summed E-state index contributed by atoms with van der Waals surface area (Å²) in [7, 11) is 0. The summed E-state index contributed by atoms with van der Waals surface area (Å²) in [6.07, 6.45) is 1.48. The van der Waals surface area contributed by atoms with Crippen LogP contribution in [-0.4, -0.2) is 12.3 Å². The van der Waals surface area contributed by atoms with Gasteiger partial charge in [0, 0.05) is 6.92 Å². The molecule has 0 atom stereocenters. The summed E-state index contributed by atoms with van der Waals surface area (Å²) in [5.74, 6) is -0.458. The predicted molar refractivity (Wildman–Crippen MR) is 59.2 cm³/mol. The minimum absolute atomic E-state index is 0.0901. The summed E-state index contributed by atoms with van der Waals surface area (Å²) in [5.41, 5.74) is -0.366. The van der Waals surface area contributed by atoms with Crippen molar-refractivity contribution in [1.29, 1.82) is 0 Å². The normalized spacial score (nSPS) is 10.2. The van der Waals surface area contributed by atoms with Crippen LogP contribution < -0.4 is 10.2 Å². The quantitative estimate of drug-likeness (QED) is 0.446. The summed E-state index contributed by atoms with van der Waals surface area (Å²) < 4.78 is 10.0. The van der Waals surface area contributed by atoms with Gasteiger partial charge in [-0.15, -0.1) is 0 Å². The lowest BCUT2D eigenvalue weighted by Gasteiger charge is -2.04. The average molecular weight is 232 g/mol. The number of hydrogen-bond acceptors (Lipinski definition) is 5. The average Bonchev–Trinajstić information content (AvgIpc) is 2.29. The van der Waals surface area contributed by atoms with E-state index in [-0.39, 0.29) is 22.3 Å². The zero-order chi connectivity index (χ0) is 12.4. The molecule has 17 heavy (non-hydrogen) atoms. The van der Waals surface area contributed by atoms with Crippen LogP contribution in [0.3, 0.4) is 0 Å². The standard InChI is InChI=1S/C12H8O5/c1-7(14)17-10-4-2-3-9-11(10)12(15)8(5-13)6-16-9/h2-6H,1H3. The first-order chi connectivity index (χ1) is 8.13.